The Balaban J connectivity index is 2.98. The lowest BCUT2D eigenvalue weighted by molar-refractivity contribution is 0.506. The van der Waals surface area contributed by atoms with E-state index in [2.05, 4.69) is 76.9 Å². The van der Waals surface area contributed by atoms with Crippen molar-refractivity contribution in [3.8, 4) is 0 Å². The fourth-order valence-electron chi connectivity index (χ4n) is 1.88. The molecule has 1 aromatic rings. The van der Waals surface area contributed by atoms with Gasteiger partial charge in [0.15, 0.2) is 0 Å². The van der Waals surface area contributed by atoms with Crippen LogP contribution in [0.4, 0.5) is 0 Å². The van der Waals surface area contributed by atoms with Crippen molar-refractivity contribution in [2.45, 2.75) is 52.1 Å². The summed E-state index contributed by atoms with van der Waals surface area (Å²) in [7, 11) is -1.16. The number of rotatable bonds is 2. The molecule has 1 aromatic carbocycles. The van der Waals surface area contributed by atoms with Gasteiger partial charge < -0.3 is 4.98 Å². The molecule has 0 radical (unpaired) electrons. The van der Waals surface area contributed by atoms with Crippen LogP contribution in [0.15, 0.2) is 30.3 Å². The Kier molecular flexibility index (Phi) is 3.97. The van der Waals surface area contributed by atoms with Gasteiger partial charge >= 0.3 is 0 Å². The molecule has 0 fully saturated rings. The van der Waals surface area contributed by atoms with E-state index in [1.807, 2.05) is 0 Å². The standard InChI is InChI=1S/C14H25NSi/c1-13(2,3)15-16(14(4,5)6)12-10-8-7-9-11-12/h7-11,15-16H,1-6H3. The van der Waals surface area contributed by atoms with Crippen LogP contribution in [-0.4, -0.2) is 14.5 Å². The van der Waals surface area contributed by atoms with E-state index in [1.54, 1.807) is 0 Å². The lowest BCUT2D eigenvalue weighted by Gasteiger charge is -2.36. The fourth-order valence-corrected chi connectivity index (χ4v) is 4.95. The molecule has 1 atom stereocenters. The van der Waals surface area contributed by atoms with Crippen molar-refractivity contribution >= 4 is 14.1 Å². The topological polar surface area (TPSA) is 12.0 Å². The SMILES string of the molecule is CC(C)(C)N[SiH](c1ccccc1)C(C)(C)C. The van der Waals surface area contributed by atoms with Gasteiger partial charge in [0.25, 0.3) is 0 Å². The smallest absolute Gasteiger partial charge is 0.146 e. The average molecular weight is 235 g/mol. The molecule has 1 rings (SSSR count). The van der Waals surface area contributed by atoms with E-state index in [-0.39, 0.29) is 5.54 Å². The van der Waals surface area contributed by atoms with Crippen LogP contribution in [0.5, 0.6) is 0 Å². The van der Waals surface area contributed by atoms with Gasteiger partial charge in [-0.1, -0.05) is 51.1 Å². The van der Waals surface area contributed by atoms with Crippen molar-refractivity contribution in [1.29, 1.82) is 0 Å². The fraction of sp³-hybridized carbons (Fsp3) is 0.571. The number of nitrogens with one attached hydrogen (secondary N) is 1. The highest BCUT2D eigenvalue weighted by molar-refractivity contribution is 6.73. The highest BCUT2D eigenvalue weighted by Gasteiger charge is 2.31. The molecule has 16 heavy (non-hydrogen) atoms. The van der Waals surface area contributed by atoms with Crippen LogP contribution >= 0.6 is 0 Å². The second-order valence-electron chi connectivity index (χ2n) is 6.60. The Morgan fingerprint density at radius 3 is 1.75 bits per heavy atom. The van der Waals surface area contributed by atoms with E-state index >= 15 is 0 Å². The van der Waals surface area contributed by atoms with E-state index in [4.69, 9.17) is 0 Å². The maximum atomic E-state index is 3.85. The van der Waals surface area contributed by atoms with Gasteiger partial charge in [-0.25, -0.2) is 0 Å². The summed E-state index contributed by atoms with van der Waals surface area (Å²) in [5, 5.41) is 1.86. The third kappa shape index (κ3) is 4.10. The van der Waals surface area contributed by atoms with E-state index in [0.29, 0.717) is 5.04 Å². The molecule has 0 aliphatic heterocycles. The zero-order valence-corrected chi connectivity index (χ0v) is 12.6. The van der Waals surface area contributed by atoms with Gasteiger partial charge in [0.2, 0.25) is 0 Å². The second-order valence-corrected chi connectivity index (χ2v) is 10.2. The van der Waals surface area contributed by atoms with Crippen molar-refractivity contribution < 1.29 is 0 Å². The molecule has 0 heterocycles. The van der Waals surface area contributed by atoms with Gasteiger partial charge in [-0.2, -0.15) is 0 Å². The Hall–Kier alpha value is -0.603. The van der Waals surface area contributed by atoms with Crippen LogP contribution in [0, 0.1) is 0 Å². The summed E-state index contributed by atoms with van der Waals surface area (Å²) in [6, 6.07) is 10.9. The van der Waals surface area contributed by atoms with Crippen LogP contribution in [-0.2, 0) is 0 Å². The van der Waals surface area contributed by atoms with E-state index in [1.165, 1.54) is 5.19 Å². The third-order valence-electron chi connectivity index (χ3n) is 2.58. The molecule has 1 unspecified atom stereocenters. The van der Waals surface area contributed by atoms with Crippen molar-refractivity contribution in [2.24, 2.45) is 0 Å². The molecule has 0 spiro atoms. The molecule has 0 saturated carbocycles. The van der Waals surface area contributed by atoms with E-state index in [0.717, 1.165) is 0 Å². The minimum Gasteiger partial charge on any atom is -0.331 e. The Bertz CT molecular complexity index is 319. The van der Waals surface area contributed by atoms with Crippen LogP contribution in [0.25, 0.3) is 0 Å². The van der Waals surface area contributed by atoms with Crippen molar-refractivity contribution in [3.63, 3.8) is 0 Å². The normalized spacial score (nSPS) is 14.9. The summed E-state index contributed by atoms with van der Waals surface area (Å²) in [6.45, 7) is 13.8. The van der Waals surface area contributed by atoms with Crippen LogP contribution in [0.2, 0.25) is 5.04 Å². The first-order valence-electron chi connectivity index (χ1n) is 6.03. The molecular weight excluding hydrogens is 210 g/mol. The van der Waals surface area contributed by atoms with Crippen molar-refractivity contribution in [1.82, 2.24) is 4.98 Å². The minimum absolute atomic E-state index is 0.194. The molecule has 0 saturated heterocycles. The zero-order chi connectivity index (χ0) is 12.4. The first-order chi connectivity index (χ1) is 7.20. The van der Waals surface area contributed by atoms with E-state index in [9.17, 15) is 0 Å². The van der Waals surface area contributed by atoms with Gasteiger partial charge in [0.05, 0.1) is 0 Å². The van der Waals surface area contributed by atoms with Gasteiger partial charge in [-0.3, -0.25) is 0 Å². The lowest BCUT2D eigenvalue weighted by Crippen LogP contribution is -2.57. The summed E-state index contributed by atoms with van der Waals surface area (Å²) >= 11 is 0. The first kappa shape index (κ1) is 13.5. The molecule has 1 N–H and O–H groups in total. The maximum Gasteiger partial charge on any atom is 0.146 e. The minimum atomic E-state index is -1.16. The summed E-state index contributed by atoms with van der Waals surface area (Å²) < 4.78 is 0. The molecule has 0 aliphatic rings. The van der Waals surface area contributed by atoms with Gasteiger partial charge in [-0.15, -0.1) is 0 Å². The van der Waals surface area contributed by atoms with Gasteiger partial charge in [-0.05, 0) is 31.0 Å². The first-order valence-corrected chi connectivity index (χ1v) is 7.76. The summed E-state index contributed by atoms with van der Waals surface area (Å²) in [5.41, 5.74) is 0.194. The van der Waals surface area contributed by atoms with Crippen molar-refractivity contribution in [3.05, 3.63) is 30.3 Å². The van der Waals surface area contributed by atoms with Crippen LogP contribution in [0.3, 0.4) is 0 Å². The molecular formula is C14H25NSi. The molecule has 1 nitrogen and oxygen atoms in total. The number of hydrogen-bond donors (Lipinski definition) is 1. The Morgan fingerprint density at radius 2 is 1.38 bits per heavy atom. The zero-order valence-electron chi connectivity index (χ0n) is 11.5. The summed E-state index contributed by atoms with van der Waals surface area (Å²) in [6.07, 6.45) is 0. The second kappa shape index (κ2) is 4.72. The molecule has 0 aliphatic carbocycles. The monoisotopic (exact) mass is 235 g/mol. The highest BCUT2D eigenvalue weighted by Crippen LogP contribution is 2.26. The molecule has 0 amide bonds. The molecule has 90 valence electrons. The summed E-state index contributed by atoms with van der Waals surface area (Å²) in [4.78, 5) is 3.85. The molecule has 0 bridgehead atoms. The number of benzene rings is 1. The van der Waals surface area contributed by atoms with Gasteiger partial charge in [0, 0.05) is 5.54 Å². The van der Waals surface area contributed by atoms with Crippen LogP contribution in [0.1, 0.15) is 41.5 Å². The lowest BCUT2D eigenvalue weighted by atomic mass is 10.1. The largest absolute Gasteiger partial charge is 0.331 e. The van der Waals surface area contributed by atoms with E-state index < -0.39 is 8.96 Å². The summed E-state index contributed by atoms with van der Waals surface area (Å²) in [5.74, 6) is 0. The average Bonchev–Trinajstić information content (AvgIpc) is 2.13. The Labute approximate surface area is 102 Å². The molecule has 2 heteroatoms. The predicted molar refractivity (Wildman–Crippen MR) is 75.8 cm³/mol. The maximum absolute atomic E-state index is 3.85. The molecule has 0 aromatic heterocycles. The van der Waals surface area contributed by atoms with Crippen molar-refractivity contribution in [2.75, 3.05) is 0 Å². The predicted octanol–water partition coefficient (Wildman–Crippen LogP) is 2.81. The van der Waals surface area contributed by atoms with Crippen LogP contribution < -0.4 is 10.2 Å². The quantitative estimate of drug-likeness (QED) is 0.777. The third-order valence-corrected chi connectivity index (χ3v) is 6.51. The van der Waals surface area contributed by atoms with Gasteiger partial charge in [0.1, 0.15) is 8.96 Å². The Morgan fingerprint density at radius 1 is 0.875 bits per heavy atom. The number of hydrogen-bond acceptors (Lipinski definition) is 1. The highest BCUT2D eigenvalue weighted by atomic mass is 28.3.